The van der Waals surface area contributed by atoms with Crippen LogP contribution in [0.15, 0.2) is 79.0 Å². The van der Waals surface area contributed by atoms with Gasteiger partial charge in [0.25, 0.3) is 0 Å². The van der Waals surface area contributed by atoms with Gasteiger partial charge in [0.1, 0.15) is 5.82 Å². The van der Waals surface area contributed by atoms with E-state index in [1.165, 1.54) is 31.4 Å². The average molecular weight is 572 g/mol. The van der Waals surface area contributed by atoms with Crippen molar-refractivity contribution in [1.82, 2.24) is 19.8 Å². The number of pyridine rings is 1. The van der Waals surface area contributed by atoms with E-state index < -0.39 is 0 Å². The van der Waals surface area contributed by atoms with E-state index in [-0.39, 0.29) is 36.2 Å². The highest BCUT2D eigenvalue weighted by Gasteiger charge is 2.41. The number of halogens is 1. The molecular weight excluding hydrogens is 541 g/mol. The number of hydrogen-bond acceptors (Lipinski definition) is 5. The van der Waals surface area contributed by atoms with Crippen molar-refractivity contribution in [3.63, 3.8) is 0 Å². The molecule has 10 heteroatoms. The van der Waals surface area contributed by atoms with Gasteiger partial charge in [-0.25, -0.2) is 9.18 Å². The molecule has 0 unspecified atom stereocenters. The number of ether oxygens (including phenoxy) is 1. The van der Waals surface area contributed by atoms with Crippen LogP contribution in [0, 0.1) is 19.7 Å². The fraction of sp³-hybridized carbons (Fsp3) is 0.226. The minimum absolute atomic E-state index is 0.179. The Labute approximate surface area is 243 Å². The molecular formula is C31H30FN5O3S. The van der Waals surface area contributed by atoms with Gasteiger partial charge in [-0.15, -0.1) is 0 Å². The predicted molar refractivity (Wildman–Crippen MR) is 158 cm³/mol. The number of nitrogens with zero attached hydrogens (tertiary/aromatic N) is 3. The lowest BCUT2D eigenvalue weighted by Gasteiger charge is -2.28. The molecule has 41 heavy (non-hydrogen) atoms. The third-order valence-corrected chi connectivity index (χ3v) is 7.59. The largest absolute Gasteiger partial charge is 0.465 e. The second kappa shape index (κ2) is 11.9. The lowest BCUT2D eigenvalue weighted by molar-refractivity contribution is -0.116. The average Bonchev–Trinajstić information content (AvgIpc) is 3.47. The van der Waals surface area contributed by atoms with E-state index in [9.17, 15) is 14.0 Å². The van der Waals surface area contributed by atoms with Crippen LogP contribution in [0.4, 0.5) is 10.1 Å². The number of benzene rings is 2. The fourth-order valence-corrected chi connectivity index (χ4v) is 5.64. The Morgan fingerprint density at radius 1 is 1.07 bits per heavy atom. The zero-order chi connectivity index (χ0) is 29.1. The molecule has 1 aliphatic rings. The first-order valence-electron chi connectivity index (χ1n) is 13.2. The first-order chi connectivity index (χ1) is 19.8. The fourth-order valence-electron chi connectivity index (χ4n) is 5.31. The van der Waals surface area contributed by atoms with Crippen LogP contribution in [0.25, 0.3) is 5.69 Å². The highest BCUT2D eigenvalue weighted by molar-refractivity contribution is 7.80. The van der Waals surface area contributed by atoms with Crippen LogP contribution in [0.2, 0.25) is 0 Å². The van der Waals surface area contributed by atoms with Crippen molar-refractivity contribution in [3.05, 3.63) is 113 Å². The summed E-state index contributed by atoms with van der Waals surface area (Å²) in [6.45, 7) is 4.44. The number of hydrogen-bond donors (Lipinski definition) is 2. The number of aryl methyl sites for hydroxylation is 1. The van der Waals surface area contributed by atoms with Crippen LogP contribution in [0.1, 0.15) is 51.5 Å². The number of amides is 1. The Morgan fingerprint density at radius 3 is 2.46 bits per heavy atom. The minimum Gasteiger partial charge on any atom is -0.465 e. The second-order valence-electron chi connectivity index (χ2n) is 9.83. The molecule has 0 spiro atoms. The summed E-state index contributed by atoms with van der Waals surface area (Å²) in [6, 6.07) is 20.4. The summed E-state index contributed by atoms with van der Waals surface area (Å²) in [6.07, 6.45) is 1.93. The first kappa shape index (κ1) is 28.0. The maximum absolute atomic E-state index is 13.3. The Kier molecular flexibility index (Phi) is 8.11. The maximum atomic E-state index is 13.3. The number of nitrogens with one attached hydrogen (secondary N) is 2. The van der Waals surface area contributed by atoms with Crippen molar-refractivity contribution in [1.29, 1.82) is 0 Å². The zero-order valence-electron chi connectivity index (χ0n) is 22.9. The van der Waals surface area contributed by atoms with Crippen LogP contribution in [0.3, 0.4) is 0 Å². The van der Waals surface area contributed by atoms with Crippen molar-refractivity contribution in [2.24, 2.45) is 0 Å². The minimum atomic E-state index is -0.388. The van der Waals surface area contributed by atoms with Gasteiger partial charge in [0, 0.05) is 41.9 Å². The number of carbonyl (C=O) groups excluding carboxylic acids is 2. The lowest BCUT2D eigenvalue weighted by Crippen LogP contribution is -2.32. The van der Waals surface area contributed by atoms with Crippen molar-refractivity contribution in [3.8, 4) is 5.69 Å². The van der Waals surface area contributed by atoms with Gasteiger partial charge in [-0.3, -0.25) is 9.78 Å². The molecule has 2 aromatic heterocycles. The Balaban J connectivity index is 1.45. The van der Waals surface area contributed by atoms with E-state index in [1.807, 2.05) is 49.1 Å². The topological polar surface area (TPSA) is 88.5 Å². The van der Waals surface area contributed by atoms with Gasteiger partial charge >= 0.3 is 5.97 Å². The molecule has 0 radical (unpaired) electrons. The van der Waals surface area contributed by atoms with Crippen molar-refractivity contribution >= 4 is 34.9 Å². The molecule has 5 rings (SSSR count). The highest BCUT2D eigenvalue weighted by Crippen LogP contribution is 2.41. The van der Waals surface area contributed by atoms with E-state index in [0.717, 1.165) is 28.3 Å². The summed E-state index contributed by atoms with van der Waals surface area (Å²) in [5.41, 5.74) is 5.81. The molecule has 0 aliphatic carbocycles. The van der Waals surface area contributed by atoms with Gasteiger partial charge in [-0.05, 0) is 98.4 Å². The Morgan fingerprint density at radius 2 is 1.80 bits per heavy atom. The molecule has 210 valence electrons. The van der Waals surface area contributed by atoms with Crippen LogP contribution < -0.4 is 10.6 Å². The number of thiocarbonyl (C=S) groups is 1. The Hall–Kier alpha value is -4.57. The van der Waals surface area contributed by atoms with E-state index in [0.29, 0.717) is 22.9 Å². The SMILES string of the molecule is COC(=O)c1ccc(-n2c(C)cc([C@H]3[C@H](c4ccccn4)NC(=S)N3CCC(=O)Nc3ccc(F)cc3)c2C)cc1. The zero-order valence-corrected chi connectivity index (χ0v) is 23.7. The van der Waals surface area contributed by atoms with E-state index in [4.69, 9.17) is 17.0 Å². The monoisotopic (exact) mass is 571 g/mol. The third-order valence-electron chi connectivity index (χ3n) is 7.24. The van der Waals surface area contributed by atoms with Crippen LogP contribution in [0.5, 0.6) is 0 Å². The number of rotatable bonds is 8. The van der Waals surface area contributed by atoms with Crippen molar-refractivity contribution < 1.29 is 18.7 Å². The number of anilines is 1. The van der Waals surface area contributed by atoms with E-state index in [2.05, 4.69) is 26.3 Å². The molecule has 2 atom stereocenters. The summed E-state index contributed by atoms with van der Waals surface area (Å²) in [5.74, 6) is -0.950. The number of methoxy groups -OCH3 is 1. The normalized spacial score (nSPS) is 16.4. The summed E-state index contributed by atoms with van der Waals surface area (Å²) < 4.78 is 20.2. The molecule has 1 fully saturated rings. The summed E-state index contributed by atoms with van der Waals surface area (Å²) in [5, 5.41) is 6.79. The smallest absolute Gasteiger partial charge is 0.337 e. The maximum Gasteiger partial charge on any atom is 0.337 e. The molecule has 8 nitrogen and oxygen atoms in total. The van der Waals surface area contributed by atoms with Gasteiger partial charge in [0.2, 0.25) is 5.91 Å². The number of aromatic nitrogens is 2. The van der Waals surface area contributed by atoms with Crippen LogP contribution >= 0.6 is 12.2 Å². The molecule has 0 saturated carbocycles. The summed E-state index contributed by atoms with van der Waals surface area (Å²) in [7, 11) is 1.36. The molecule has 4 aromatic rings. The van der Waals surface area contributed by atoms with Gasteiger partial charge < -0.3 is 24.8 Å². The molecule has 1 aliphatic heterocycles. The molecule has 2 aromatic carbocycles. The van der Waals surface area contributed by atoms with Gasteiger partial charge in [-0.1, -0.05) is 6.07 Å². The molecule has 2 N–H and O–H groups in total. The van der Waals surface area contributed by atoms with Gasteiger partial charge in [0.05, 0.1) is 30.5 Å². The quantitative estimate of drug-likeness (QED) is 0.216. The highest BCUT2D eigenvalue weighted by atomic mass is 32.1. The first-order valence-corrected chi connectivity index (χ1v) is 13.6. The number of carbonyl (C=O) groups is 2. The second-order valence-corrected chi connectivity index (χ2v) is 10.2. The summed E-state index contributed by atoms with van der Waals surface area (Å²) in [4.78, 5) is 31.4. The molecule has 1 amide bonds. The Bertz CT molecular complexity index is 1570. The van der Waals surface area contributed by atoms with Gasteiger partial charge in [-0.2, -0.15) is 0 Å². The molecule has 1 saturated heterocycles. The summed E-state index contributed by atoms with van der Waals surface area (Å²) >= 11 is 5.78. The standard InChI is InChI=1S/C31H30FN5O3S/c1-19-18-25(20(2)37(19)24-13-7-21(8-14-24)30(39)40-3)29-28(26-6-4-5-16-33-26)35-31(41)36(29)17-15-27(38)34-23-11-9-22(32)10-12-23/h4-14,16,18,28-29H,15,17H2,1-3H3,(H,34,38)(H,35,41)/t28-,29-/m0/s1. The van der Waals surface area contributed by atoms with Crippen molar-refractivity contribution in [2.75, 3.05) is 19.0 Å². The number of esters is 1. The lowest BCUT2D eigenvalue weighted by atomic mass is 9.96. The molecule has 3 heterocycles. The van der Waals surface area contributed by atoms with E-state index in [1.54, 1.807) is 18.3 Å². The van der Waals surface area contributed by atoms with Crippen molar-refractivity contribution in [2.45, 2.75) is 32.4 Å². The van der Waals surface area contributed by atoms with Crippen LogP contribution in [-0.4, -0.2) is 45.1 Å². The molecule has 0 bridgehead atoms. The van der Waals surface area contributed by atoms with Crippen LogP contribution in [-0.2, 0) is 9.53 Å². The van der Waals surface area contributed by atoms with E-state index >= 15 is 0 Å². The predicted octanol–water partition coefficient (Wildman–Crippen LogP) is 5.42. The third kappa shape index (κ3) is 5.83. The van der Waals surface area contributed by atoms with Gasteiger partial charge in [0.15, 0.2) is 5.11 Å².